The van der Waals surface area contributed by atoms with E-state index in [0.717, 1.165) is 21.3 Å². The van der Waals surface area contributed by atoms with Crippen LogP contribution in [-0.2, 0) is 24.9 Å². The van der Waals surface area contributed by atoms with Gasteiger partial charge in [0.25, 0.3) is 5.56 Å². The minimum Gasteiger partial charge on any atom is -0.340 e. The lowest BCUT2D eigenvalue weighted by Gasteiger charge is -2.18. The Labute approximate surface area is 130 Å². The number of likely N-dealkylation sites (N-methyl/N-ethyl adjacent to an activating group) is 1. The van der Waals surface area contributed by atoms with Crippen LogP contribution in [0.25, 0.3) is 0 Å². The Morgan fingerprint density at radius 3 is 2.57 bits per heavy atom. The molecule has 0 saturated heterocycles. The topological polar surface area (TPSA) is 64.3 Å². The van der Waals surface area contributed by atoms with E-state index in [0.29, 0.717) is 0 Å². The molecular formula is C15H15F2N3O3. The molecule has 0 atom stereocenters. The van der Waals surface area contributed by atoms with E-state index in [1.54, 1.807) is 0 Å². The molecule has 2 rings (SSSR count). The summed E-state index contributed by atoms with van der Waals surface area (Å²) in [5.74, 6) is -1.89. The average molecular weight is 323 g/mol. The lowest BCUT2D eigenvalue weighted by Crippen LogP contribution is -2.40. The highest BCUT2D eigenvalue weighted by Gasteiger charge is 2.14. The van der Waals surface area contributed by atoms with E-state index in [2.05, 4.69) is 0 Å². The summed E-state index contributed by atoms with van der Waals surface area (Å²) in [6, 6.07) is 4.28. The van der Waals surface area contributed by atoms with E-state index in [-0.39, 0.29) is 18.7 Å². The Bertz CT molecular complexity index is 858. The molecule has 0 N–H and O–H groups in total. The predicted octanol–water partition coefficient (Wildman–Crippen LogP) is 0.484. The lowest BCUT2D eigenvalue weighted by molar-refractivity contribution is -0.131. The molecule has 0 saturated carbocycles. The second-order valence-electron chi connectivity index (χ2n) is 5.11. The first kappa shape index (κ1) is 16.6. The number of carbonyl (C=O) groups is 1. The monoisotopic (exact) mass is 323 g/mol. The normalized spacial score (nSPS) is 10.6. The molecule has 23 heavy (non-hydrogen) atoms. The SMILES string of the molecule is CN(Cc1ccc(F)cc1F)C(=O)Cn1ccc(=O)n(C)c1=O. The minimum absolute atomic E-state index is 0.0640. The average Bonchev–Trinajstić information content (AvgIpc) is 2.50. The number of aromatic nitrogens is 2. The van der Waals surface area contributed by atoms with Gasteiger partial charge in [-0.15, -0.1) is 0 Å². The quantitative estimate of drug-likeness (QED) is 0.822. The van der Waals surface area contributed by atoms with Crippen LogP contribution in [0.3, 0.4) is 0 Å². The van der Waals surface area contributed by atoms with Crippen LogP contribution < -0.4 is 11.2 Å². The Morgan fingerprint density at radius 2 is 1.91 bits per heavy atom. The van der Waals surface area contributed by atoms with Crippen LogP contribution in [0.4, 0.5) is 8.78 Å². The van der Waals surface area contributed by atoms with E-state index in [9.17, 15) is 23.2 Å². The number of nitrogens with zero attached hydrogens (tertiary/aromatic N) is 3. The van der Waals surface area contributed by atoms with Gasteiger partial charge in [-0.05, 0) is 6.07 Å². The van der Waals surface area contributed by atoms with Crippen molar-refractivity contribution >= 4 is 5.91 Å². The highest BCUT2D eigenvalue weighted by Crippen LogP contribution is 2.11. The highest BCUT2D eigenvalue weighted by molar-refractivity contribution is 5.75. The Kier molecular flexibility index (Phi) is 4.73. The van der Waals surface area contributed by atoms with Gasteiger partial charge in [-0.2, -0.15) is 0 Å². The molecule has 0 bridgehead atoms. The molecule has 1 aromatic heterocycles. The molecule has 122 valence electrons. The number of hydrogen-bond donors (Lipinski definition) is 0. The van der Waals surface area contributed by atoms with E-state index in [1.165, 1.54) is 37.3 Å². The second kappa shape index (κ2) is 6.55. The van der Waals surface area contributed by atoms with Crippen molar-refractivity contribution in [3.8, 4) is 0 Å². The molecule has 0 fully saturated rings. The third-order valence-electron chi connectivity index (χ3n) is 3.41. The summed E-state index contributed by atoms with van der Waals surface area (Å²) in [6.07, 6.45) is 1.23. The molecule has 0 aliphatic carbocycles. The van der Waals surface area contributed by atoms with E-state index in [1.807, 2.05) is 0 Å². The number of halogens is 2. The second-order valence-corrected chi connectivity index (χ2v) is 5.11. The maximum Gasteiger partial charge on any atom is 0.331 e. The Hall–Kier alpha value is -2.77. The van der Waals surface area contributed by atoms with E-state index in [4.69, 9.17) is 0 Å². The number of hydrogen-bond acceptors (Lipinski definition) is 3. The van der Waals surface area contributed by atoms with Gasteiger partial charge in [0.2, 0.25) is 5.91 Å². The Balaban J connectivity index is 2.13. The van der Waals surface area contributed by atoms with Crippen molar-refractivity contribution in [3.05, 3.63) is 68.5 Å². The van der Waals surface area contributed by atoms with Crippen LogP contribution in [-0.4, -0.2) is 27.0 Å². The molecule has 8 heteroatoms. The summed E-state index contributed by atoms with van der Waals surface area (Å²) in [7, 11) is 2.75. The van der Waals surface area contributed by atoms with Crippen LogP contribution >= 0.6 is 0 Å². The molecule has 0 radical (unpaired) electrons. The fourth-order valence-electron chi connectivity index (χ4n) is 2.00. The van der Waals surface area contributed by atoms with Crippen molar-refractivity contribution in [3.63, 3.8) is 0 Å². The van der Waals surface area contributed by atoms with Crippen LogP contribution in [0.5, 0.6) is 0 Å². The van der Waals surface area contributed by atoms with Crippen molar-refractivity contribution in [1.29, 1.82) is 0 Å². The molecule has 0 aliphatic rings. The summed E-state index contributed by atoms with van der Waals surface area (Å²) in [6.45, 7) is -0.349. The first-order valence-corrected chi connectivity index (χ1v) is 6.74. The van der Waals surface area contributed by atoms with Gasteiger partial charge in [-0.25, -0.2) is 13.6 Å². The highest BCUT2D eigenvalue weighted by atomic mass is 19.1. The zero-order chi connectivity index (χ0) is 17.1. The van der Waals surface area contributed by atoms with Crippen LogP contribution in [0.1, 0.15) is 5.56 Å². The van der Waals surface area contributed by atoms with Crippen molar-refractivity contribution < 1.29 is 13.6 Å². The number of carbonyl (C=O) groups excluding carboxylic acids is 1. The van der Waals surface area contributed by atoms with Crippen LogP contribution in [0, 0.1) is 11.6 Å². The van der Waals surface area contributed by atoms with Gasteiger partial charge in [0.15, 0.2) is 0 Å². The van der Waals surface area contributed by atoms with Gasteiger partial charge in [-0.1, -0.05) is 6.07 Å². The molecule has 0 aliphatic heterocycles. The smallest absolute Gasteiger partial charge is 0.331 e. The fourth-order valence-corrected chi connectivity index (χ4v) is 2.00. The number of amides is 1. The minimum atomic E-state index is -0.746. The molecule has 1 heterocycles. The van der Waals surface area contributed by atoms with Crippen molar-refractivity contribution in [2.24, 2.45) is 7.05 Å². The summed E-state index contributed by atoms with van der Waals surface area (Å²) in [4.78, 5) is 36.5. The standard InChI is InChI=1S/C15H15F2N3O3/c1-18(8-10-3-4-11(16)7-12(10)17)14(22)9-20-6-5-13(21)19(2)15(20)23/h3-7H,8-9H2,1-2H3. The van der Waals surface area contributed by atoms with Gasteiger partial charge < -0.3 is 4.90 Å². The zero-order valence-electron chi connectivity index (χ0n) is 12.6. The largest absolute Gasteiger partial charge is 0.340 e. The summed E-state index contributed by atoms with van der Waals surface area (Å²) >= 11 is 0. The molecule has 1 aromatic carbocycles. The molecular weight excluding hydrogens is 308 g/mol. The molecule has 2 aromatic rings. The summed E-state index contributed by atoms with van der Waals surface area (Å²) in [5.41, 5.74) is -0.928. The first-order valence-electron chi connectivity index (χ1n) is 6.74. The summed E-state index contributed by atoms with van der Waals surface area (Å²) < 4.78 is 28.4. The number of rotatable bonds is 4. The fraction of sp³-hybridized carbons (Fsp3) is 0.267. The molecule has 6 nitrogen and oxygen atoms in total. The zero-order valence-corrected chi connectivity index (χ0v) is 12.6. The van der Waals surface area contributed by atoms with E-state index < -0.39 is 28.8 Å². The molecule has 0 unspecified atom stereocenters. The number of benzene rings is 1. The van der Waals surface area contributed by atoms with E-state index >= 15 is 0 Å². The molecule has 1 amide bonds. The van der Waals surface area contributed by atoms with Crippen LogP contribution in [0.15, 0.2) is 40.1 Å². The van der Waals surface area contributed by atoms with Crippen molar-refractivity contribution in [2.75, 3.05) is 7.05 Å². The van der Waals surface area contributed by atoms with Gasteiger partial charge in [0, 0.05) is 44.5 Å². The maximum absolute atomic E-state index is 13.6. The van der Waals surface area contributed by atoms with Gasteiger partial charge in [0.1, 0.15) is 18.2 Å². The predicted molar refractivity (Wildman–Crippen MR) is 78.8 cm³/mol. The van der Waals surface area contributed by atoms with Crippen molar-refractivity contribution in [2.45, 2.75) is 13.1 Å². The van der Waals surface area contributed by atoms with Crippen LogP contribution in [0.2, 0.25) is 0 Å². The third-order valence-corrected chi connectivity index (χ3v) is 3.41. The third kappa shape index (κ3) is 3.71. The first-order chi connectivity index (χ1) is 10.8. The maximum atomic E-state index is 13.6. The lowest BCUT2D eigenvalue weighted by atomic mass is 10.2. The van der Waals surface area contributed by atoms with Gasteiger partial charge in [-0.3, -0.25) is 18.7 Å². The van der Waals surface area contributed by atoms with Crippen molar-refractivity contribution in [1.82, 2.24) is 14.0 Å². The van der Waals surface area contributed by atoms with Gasteiger partial charge in [0.05, 0.1) is 0 Å². The summed E-state index contributed by atoms with van der Waals surface area (Å²) in [5, 5.41) is 0. The Morgan fingerprint density at radius 1 is 1.22 bits per heavy atom. The molecule has 0 spiro atoms. The van der Waals surface area contributed by atoms with Gasteiger partial charge >= 0.3 is 5.69 Å².